The fraction of sp³-hybridized carbons (Fsp3) is 0.600. The Morgan fingerprint density at radius 1 is 1.67 bits per heavy atom. The molecule has 0 amide bonds. The number of nitrogens with one attached hydrogen (secondary N) is 1. The van der Waals surface area contributed by atoms with Gasteiger partial charge in [0.2, 0.25) is 0 Å². The van der Waals surface area contributed by atoms with Crippen molar-refractivity contribution in [3.05, 3.63) is 11.3 Å². The van der Waals surface area contributed by atoms with E-state index in [2.05, 4.69) is 9.69 Å². The molecule has 1 N–H and O–H groups in total. The number of carbonyl (C=O) groups excluding carboxylic acids is 1. The van der Waals surface area contributed by atoms with Crippen molar-refractivity contribution >= 4 is 22.5 Å². The van der Waals surface area contributed by atoms with Gasteiger partial charge in [0.25, 0.3) is 0 Å². The van der Waals surface area contributed by atoms with E-state index in [4.69, 9.17) is 4.74 Å². The molecule has 82 valence electrons. The van der Waals surface area contributed by atoms with Crippen LogP contribution in [0.15, 0.2) is 0 Å². The van der Waals surface area contributed by atoms with E-state index in [1.165, 1.54) is 24.4 Å². The predicted octanol–water partition coefficient (Wildman–Crippen LogP) is 2.06. The lowest BCUT2D eigenvalue weighted by Crippen LogP contribution is -2.09. The molecule has 0 spiro atoms. The van der Waals surface area contributed by atoms with Crippen molar-refractivity contribution in [1.29, 1.82) is 0 Å². The van der Waals surface area contributed by atoms with E-state index in [-0.39, 0.29) is 5.97 Å². The first-order chi connectivity index (χ1) is 7.22. The number of nitrogens with zero attached hydrogens (tertiary/aromatic N) is 1. The minimum Gasteiger partial charge on any atom is -0.462 e. The number of aromatic nitrogens is 1. The van der Waals surface area contributed by atoms with Crippen LogP contribution >= 0.6 is 11.5 Å². The van der Waals surface area contributed by atoms with Gasteiger partial charge < -0.3 is 10.1 Å². The zero-order valence-electron chi connectivity index (χ0n) is 8.87. The number of esters is 1. The number of rotatable bonds is 4. The molecule has 5 heteroatoms. The maximum Gasteiger partial charge on any atom is 0.343 e. The van der Waals surface area contributed by atoms with Crippen LogP contribution in [0.1, 0.15) is 28.9 Å². The third-order valence-electron chi connectivity index (χ3n) is 2.44. The van der Waals surface area contributed by atoms with Crippen LogP contribution in [0.2, 0.25) is 0 Å². The van der Waals surface area contributed by atoms with Gasteiger partial charge in [-0.3, -0.25) is 0 Å². The Morgan fingerprint density at radius 3 is 3.00 bits per heavy atom. The van der Waals surface area contributed by atoms with Gasteiger partial charge >= 0.3 is 5.97 Å². The first kappa shape index (κ1) is 10.4. The van der Waals surface area contributed by atoms with Gasteiger partial charge in [0, 0.05) is 7.05 Å². The normalized spacial score (nSPS) is 15.1. The summed E-state index contributed by atoms with van der Waals surface area (Å²) >= 11 is 1.29. The lowest BCUT2D eigenvalue weighted by molar-refractivity contribution is 0.0486. The SMILES string of the molecule is CNc1snc(C)c1C(=O)OCC1CC1. The Kier molecular flexibility index (Phi) is 2.90. The van der Waals surface area contributed by atoms with E-state index in [9.17, 15) is 4.79 Å². The monoisotopic (exact) mass is 226 g/mol. The molecule has 1 fully saturated rings. The second-order valence-electron chi connectivity index (χ2n) is 3.76. The molecule has 1 aliphatic rings. The topological polar surface area (TPSA) is 51.2 Å². The molecule has 0 unspecified atom stereocenters. The van der Waals surface area contributed by atoms with Gasteiger partial charge in [-0.15, -0.1) is 0 Å². The summed E-state index contributed by atoms with van der Waals surface area (Å²) in [5.41, 5.74) is 1.33. The highest BCUT2D eigenvalue weighted by molar-refractivity contribution is 7.10. The van der Waals surface area contributed by atoms with E-state index < -0.39 is 0 Å². The molecule has 15 heavy (non-hydrogen) atoms. The average Bonchev–Trinajstić information content (AvgIpc) is 2.98. The van der Waals surface area contributed by atoms with Crippen molar-refractivity contribution < 1.29 is 9.53 Å². The van der Waals surface area contributed by atoms with E-state index >= 15 is 0 Å². The standard InChI is InChI=1S/C10H14N2O2S/c1-6-8(9(11-2)15-12-6)10(13)14-5-7-3-4-7/h7,11H,3-5H2,1-2H3. The van der Waals surface area contributed by atoms with Crippen molar-refractivity contribution in [3.8, 4) is 0 Å². The number of anilines is 1. The summed E-state index contributed by atoms with van der Waals surface area (Å²) in [7, 11) is 1.78. The first-order valence-corrected chi connectivity index (χ1v) is 5.81. The Balaban J connectivity index is 2.05. The number of ether oxygens (including phenoxy) is 1. The molecule has 0 atom stereocenters. The fourth-order valence-corrected chi connectivity index (χ4v) is 2.06. The number of aryl methyl sites for hydroxylation is 1. The molecule has 0 aromatic carbocycles. The minimum atomic E-state index is -0.252. The van der Waals surface area contributed by atoms with Crippen LogP contribution < -0.4 is 5.32 Å². The number of carbonyl (C=O) groups is 1. The summed E-state index contributed by atoms with van der Waals surface area (Å²) in [5, 5.41) is 3.74. The van der Waals surface area contributed by atoms with Crippen molar-refractivity contribution in [2.24, 2.45) is 5.92 Å². The Morgan fingerprint density at radius 2 is 2.40 bits per heavy atom. The predicted molar refractivity (Wildman–Crippen MR) is 59.4 cm³/mol. The van der Waals surface area contributed by atoms with Crippen molar-refractivity contribution in [3.63, 3.8) is 0 Å². The molecule has 0 radical (unpaired) electrons. The molecular formula is C10H14N2O2S. The van der Waals surface area contributed by atoms with Gasteiger partial charge in [0.15, 0.2) is 0 Å². The zero-order valence-corrected chi connectivity index (χ0v) is 9.69. The van der Waals surface area contributed by atoms with Gasteiger partial charge in [-0.1, -0.05) is 0 Å². The smallest absolute Gasteiger partial charge is 0.343 e. The number of hydrogen-bond donors (Lipinski definition) is 1. The van der Waals surface area contributed by atoms with Gasteiger partial charge in [0.1, 0.15) is 10.6 Å². The van der Waals surface area contributed by atoms with Gasteiger partial charge in [-0.2, -0.15) is 4.37 Å². The van der Waals surface area contributed by atoms with Gasteiger partial charge in [-0.25, -0.2) is 4.79 Å². The third kappa shape index (κ3) is 2.28. The van der Waals surface area contributed by atoms with Crippen LogP contribution in [-0.2, 0) is 4.74 Å². The van der Waals surface area contributed by atoms with Crippen molar-refractivity contribution in [2.75, 3.05) is 19.0 Å². The second kappa shape index (κ2) is 4.18. The van der Waals surface area contributed by atoms with Crippen LogP contribution in [0.3, 0.4) is 0 Å². The number of hydrogen-bond acceptors (Lipinski definition) is 5. The van der Waals surface area contributed by atoms with E-state index in [1.807, 2.05) is 6.92 Å². The van der Waals surface area contributed by atoms with Crippen molar-refractivity contribution in [1.82, 2.24) is 4.37 Å². The Bertz CT molecular complexity index is 371. The summed E-state index contributed by atoms with van der Waals surface area (Å²) in [4.78, 5) is 11.7. The maximum atomic E-state index is 11.7. The molecule has 2 rings (SSSR count). The lowest BCUT2D eigenvalue weighted by Gasteiger charge is -2.04. The maximum absolute atomic E-state index is 11.7. The molecule has 1 aliphatic carbocycles. The molecule has 1 saturated carbocycles. The molecule has 1 aromatic heterocycles. The second-order valence-corrected chi connectivity index (χ2v) is 4.54. The van der Waals surface area contributed by atoms with E-state index in [0.29, 0.717) is 18.1 Å². The van der Waals surface area contributed by atoms with Gasteiger partial charge in [0.05, 0.1) is 12.3 Å². The molecular weight excluding hydrogens is 212 g/mol. The summed E-state index contributed by atoms with van der Waals surface area (Å²) in [6.45, 7) is 2.38. The van der Waals surface area contributed by atoms with Crippen LogP contribution in [0.25, 0.3) is 0 Å². The average molecular weight is 226 g/mol. The Labute approximate surface area is 92.8 Å². The minimum absolute atomic E-state index is 0.252. The largest absolute Gasteiger partial charge is 0.462 e. The van der Waals surface area contributed by atoms with E-state index in [0.717, 1.165) is 10.7 Å². The summed E-state index contributed by atoms with van der Waals surface area (Å²) < 4.78 is 9.35. The fourth-order valence-electron chi connectivity index (χ4n) is 1.33. The third-order valence-corrected chi connectivity index (χ3v) is 3.40. The van der Waals surface area contributed by atoms with Crippen LogP contribution in [-0.4, -0.2) is 24.0 Å². The van der Waals surface area contributed by atoms with E-state index in [1.54, 1.807) is 7.05 Å². The highest BCUT2D eigenvalue weighted by atomic mass is 32.1. The molecule has 1 aromatic rings. The molecule has 0 bridgehead atoms. The molecule has 1 heterocycles. The molecule has 0 aliphatic heterocycles. The van der Waals surface area contributed by atoms with Crippen LogP contribution in [0, 0.1) is 12.8 Å². The van der Waals surface area contributed by atoms with Crippen LogP contribution in [0.4, 0.5) is 5.00 Å². The summed E-state index contributed by atoms with van der Waals surface area (Å²) in [6.07, 6.45) is 2.38. The lowest BCUT2D eigenvalue weighted by atomic mass is 10.2. The zero-order chi connectivity index (χ0) is 10.8. The highest BCUT2D eigenvalue weighted by Gasteiger charge is 2.25. The quantitative estimate of drug-likeness (QED) is 0.798. The van der Waals surface area contributed by atoms with Crippen molar-refractivity contribution in [2.45, 2.75) is 19.8 Å². The molecule has 0 saturated heterocycles. The Hall–Kier alpha value is -1.10. The summed E-state index contributed by atoms with van der Waals surface area (Å²) in [6, 6.07) is 0. The van der Waals surface area contributed by atoms with Crippen LogP contribution in [0.5, 0.6) is 0 Å². The van der Waals surface area contributed by atoms with Gasteiger partial charge in [-0.05, 0) is 37.2 Å². The summed E-state index contributed by atoms with van der Waals surface area (Å²) in [5.74, 6) is 0.344. The highest BCUT2D eigenvalue weighted by Crippen LogP contribution is 2.30. The molecule has 4 nitrogen and oxygen atoms in total. The first-order valence-electron chi connectivity index (χ1n) is 5.03.